The number of nitrogens with one attached hydrogen (secondary N) is 1. The van der Waals surface area contributed by atoms with Crippen LogP contribution in [0.2, 0.25) is 0 Å². The minimum Gasteiger partial charge on any atom is -0.496 e. The van der Waals surface area contributed by atoms with Crippen molar-refractivity contribution < 1.29 is 14.3 Å². The van der Waals surface area contributed by atoms with Crippen LogP contribution in [0, 0.1) is 11.8 Å². The largest absolute Gasteiger partial charge is 0.496 e. The van der Waals surface area contributed by atoms with Crippen LogP contribution in [0.15, 0.2) is 24.3 Å². The highest BCUT2D eigenvalue weighted by molar-refractivity contribution is 5.79. The number of ether oxygens (including phenoxy) is 2. The second kappa shape index (κ2) is 7.35. The SMILES string of the molecule is COc1ccccc1C1CC(NC(=O)C(C)C2CCOCC2)C1. The van der Waals surface area contributed by atoms with Crippen LogP contribution in [0.25, 0.3) is 0 Å². The summed E-state index contributed by atoms with van der Waals surface area (Å²) < 4.78 is 10.8. The van der Waals surface area contributed by atoms with Gasteiger partial charge in [-0.3, -0.25) is 4.79 Å². The lowest BCUT2D eigenvalue weighted by atomic mass is 9.75. The minimum atomic E-state index is 0.0872. The first-order valence-corrected chi connectivity index (χ1v) is 8.70. The van der Waals surface area contributed by atoms with Crippen LogP contribution in [-0.2, 0) is 9.53 Å². The number of carbonyl (C=O) groups excluding carboxylic acids is 1. The van der Waals surface area contributed by atoms with Gasteiger partial charge in [0.15, 0.2) is 0 Å². The molecule has 4 heteroatoms. The summed E-state index contributed by atoms with van der Waals surface area (Å²) in [6.07, 6.45) is 4.02. The van der Waals surface area contributed by atoms with Gasteiger partial charge in [0.1, 0.15) is 5.75 Å². The molecule has 0 aromatic heterocycles. The summed E-state index contributed by atoms with van der Waals surface area (Å²) in [6.45, 7) is 3.64. The summed E-state index contributed by atoms with van der Waals surface area (Å²) in [4.78, 5) is 12.4. The topological polar surface area (TPSA) is 47.6 Å². The normalized spacial score (nSPS) is 26.2. The van der Waals surface area contributed by atoms with Crippen molar-refractivity contribution in [2.24, 2.45) is 11.8 Å². The highest BCUT2D eigenvalue weighted by Gasteiger charge is 2.35. The van der Waals surface area contributed by atoms with E-state index in [-0.39, 0.29) is 11.8 Å². The van der Waals surface area contributed by atoms with Crippen molar-refractivity contribution in [3.8, 4) is 5.75 Å². The number of rotatable bonds is 5. The third-order valence-electron chi connectivity index (χ3n) is 5.45. The molecule has 2 aliphatic rings. The molecule has 2 fully saturated rings. The van der Waals surface area contributed by atoms with E-state index in [0.717, 1.165) is 44.6 Å². The summed E-state index contributed by atoms with van der Waals surface area (Å²) in [7, 11) is 1.71. The summed E-state index contributed by atoms with van der Waals surface area (Å²) in [5, 5.41) is 3.23. The maximum atomic E-state index is 12.4. The van der Waals surface area contributed by atoms with Gasteiger partial charge in [-0.2, -0.15) is 0 Å². The van der Waals surface area contributed by atoms with Crippen LogP contribution in [-0.4, -0.2) is 32.3 Å². The molecule has 1 aromatic rings. The number of benzene rings is 1. The fourth-order valence-corrected chi connectivity index (χ4v) is 3.76. The van der Waals surface area contributed by atoms with Crippen molar-refractivity contribution in [3.63, 3.8) is 0 Å². The predicted molar refractivity (Wildman–Crippen MR) is 89.6 cm³/mol. The number of hydrogen-bond acceptors (Lipinski definition) is 3. The van der Waals surface area contributed by atoms with Gasteiger partial charge in [0.05, 0.1) is 7.11 Å². The quantitative estimate of drug-likeness (QED) is 0.907. The van der Waals surface area contributed by atoms with E-state index in [0.29, 0.717) is 17.9 Å². The third-order valence-corrected chi connectivity index (χ3v) is 5.45. The molecule has 1 unspecified atom stereocenters. The first kappa shape index (κ1) is 16.3. The Hall–Kier alpha value is -1.55. The van der Waals surface area contributed by atoms with Crippen LogP contribution < -0.4 is 10.1 Å². The van der Waals surface area contributed by atoms with E-state index in [4.69, 9.17) is 9.47 Å². The van der Waals surface area contributed by atoms with Crippen molar-refractivity contribution in [3.05, 3.63) is 29.8 Å². The van der Waals surface area contributed by atoms with Gasteiger partial charge in [-0.05, 0) is 49.1 Å². The van der Waals surface area contributed by atoms with Gasteiger partial charge >= 0.3 is 0 Å². The third kappa shape index (κ3) is 3.69. The van der Waals surface area contributed by atoms with Crippen molar-refractivity contribution in [2.75, 3.05) is 20.3 Å². The van der Waals surface area contributed by atoms with Crippen molar-refractivity contribution in [1.29, 1.82) is 0 Å². The first-order chi connectivity index (χ1) is 11.2. The molecule has 1 saturated carbocycles. The van der Waals surface area contributed by atoms with E-state index < -0.39 is 0 Å². The number of hydrogen-bond donors (Lipinski definition) is 1. The van der Waals surface area contributed by atoms with Gasteiger partial charge in [-0.25, -0.2) is 0 Å². The standard InChI is InChI=1S/C19H27NO3/c1-13(14-7-9-23-10-8-14)19(21)20-16-11-15(12-16)17-5-3-4-6-18(17)22-2/h3-6,13-16H,7-12H2,1-2H3,(H,20,21). The fraction of sp³-hybridized carbons (Fsp3) is 0.632. The molecule has 1 aliphatic heterocycles. The Morgan fingerprint density at radius 3 is 2.65 bits per heavy atom. The van der Waals surface area contributed by atoms with Gasteiger partial charge in [0, 0.05) is 25.2 Å². The van der Waals surface area contributed by atoms with E-state index in [1.54, 1.807) is 7.11 Å². The van der Waals surface area contributed by atoms with E-state index in [1.807, 2.05) is 12.1 Å². The van der Waals surface area contributed by atoms with E-state index >= 15 is 0 Å². The molecule has 0 radical (unpaired) electrons. The van der Waals surface area contributed by atoms with Gasteiger partial charge in [0.2, 0.25) is 5.91 Å². The molecule has 3 rings (SSSR count). The van der Waals surface area contributed by atoms with Gasteiger partial charge < -0.3 is 14.8 Å². The summed E-state index contributed by atoms with van der Waals surface area (Å²) >= 11 is 0. The van der Waals surface area contributed by atoms with E-state index in [1.165, 1.54) is 5.56 Å². The van der Waals surface area contributed by atoms with Crippen molar-refractivity contribution in [2.45, 2.75) is 44.6 Å². The first-order valence-electron chi connectivity index (χ1n) is 8.70. The Balaban J connectivity index is 1.49. The van der Waals surface area contributed by atoms with Crippen LogP contribution in [0.5, 0.6) is 5.75 Å². The molecule has 1 amide bonds. The number of methoxy groups -OCH3 is 1. The molecule has 4 nitrogen and oxygen atoms in total. The second-order valence-corrected chi connectivity index (χ2v) is 6.85. The smallest absolute Gasteiger partial charge is 0.223 e. The Morgan fingerprint density at radius 1 is 1.26 bits per heavy atom. The lowest BCUT2D eigenvalue weighted by Gasteiger charge is -2.38. The zero-order valence-corrected chi connectivity index (χ0v) is 14.1. The lowest BCUT2D eigenvalue weighted by Crippen LogP contribution is -2.46. The maximum absolute atomic E-state index is 12.4. The average Bonchev–Trinajstić information content (AvgIpc) is 2.57. The molecule has 1 N–H and O–H groups in total. The summed E-state index contributed by atoms with van der Waals surface area (Å²) in [5.41, 5.74) is 1.26. The highest BCUT2D eigenvalue weighted by Crippen LogP contribution is 2.41. The minimum absolute atomic E-state index is 0.0872. The Kier molecular flexibility index (Phi) is 5.21. The molecule has 126 valence electrons. The van der Waals surface area contributed by atoms with Crippen molar-refractivity contribution >= 4 is 5.91 Å². The molecule has 23 heavy (non-hydrogen) atoms. The summed E-state index contributed by atoms with van der Waals surface area (Å²) in [5.74, 6) is 2.21. The lowest BCUT2D eigenvalue weighted by molar-refractivity contribution is -0.128. The molecule has 1 aliphatic carbocycles. The molecule has 0 spiro atoms. The molecule has 1 atom stereocenters. The number of para-hydroxylation sites is 1. The van der Waals surface area contributed by atoms with Crippen LogP contribution in [0.3, 0.4) is 0 Å². The predicted octanol–water partition coefficient (Wildman–Crippen LogP) is 3.12. The molecular weight excluding hydrogens is 290 g/mol. The van der Waals surface area contributed by atoms with Crippen molar-refractivity contribution in [1.82, 2.24) is 5.32 Å². The highest BCUT2D eigenvalue weighted by atomic mass is 16.5. The molecular formula is C19H27NO3. The number of carbonyl (C=O) groups is 1. The monoisotopic (exact) mass is 317 g/mol. The van der Waals surface area contributed by atoms with Gasteiger partial charge in [0.25, 0.3) is 0 Å². The molecule has 1 heterocycles. The fourth-order valence-electron chi connectivity index (χ4n) is 3.76. The van der Waals surface area contributed by atoms with E-state index in [2.05, 4.69) is 24.4 Å². The zero-order chi connectivity index (χ0) is 16.2. The number of amides is 1. The van der Waals surface area contributed by atoms with Crippen LogP contribution in [0.4, 0.5) is 0 Å². The summed E-state index contributed by atoms with van der Waals surface area (Å²) in [6, 6.07) is 8.49. The van der Waals surface area contributed by atoms with Gasteiger partial charge in [-0.15, -0.1) is 0 Å². The molecule has 1 aromatic carbocycles. The molecule has 1 saturated heterocycles. The van der Waals surface area contributed by atoms with Crippen LogP contribution >= 0.6 is 0 Å². The maximum Gasteiger partial charge on any atom is 0.223 e. The second-order valence-electron chi connectivity index (χ2n) is 6.85. The Bertz CT molecular complexity index is 533. The molecule has 0 bridgehead atoms. The van der Waals surface area contributed by atoms with Crippen LogP contribution in [0.1, 0.15) is 44.1 Å². The van der Waals surface area contributed by atoms with E-state index in [9.17, 15) is 4.79 Å². The average molecular weight is 317 g/mol. The Labute approximate surface area is 138 Å². The zero-order valence-electron chi connectivity index (χ0n) is 14.1. The van der Waals surface area contributed by atoms with Gasteiger partial charge in [-0.1, -0.05) is 25.1 Å². The Morgan fingerprint density at radius 2 is 1.96 bits per heavy atom.